The predicted octanol–water partition coefficient (Wildman–Crippen LogP) is 3.78. The number of carbonyl (C=O) groups excluding carboxylic acids is 4. The summed E-state index contributed by atoms with van der Waals surface area (Å²) in [6, 6.07) is 16.5. The maximum Gasteiger partial charge on any atom is 0.283 e. The molecule has 5 aromatic rings. The Morgan fingerprint density at radius 3 is 2.34 bits per heavy atom. The number of piperidine rings is 1. The Bertz CT molecular complexity index is 2430. The molecular weight excluding hydrogens is 821 g/mol. The molecule has 8 rings (SSSR count). The number of halogens is 3. The Morgan fingerprint density at radius 2 is 1.63 bits per heavy atom. The van der Waals surface area contributed by atoms with Crippen molar-refractivity contribution < 1.29 is 52.5 Å². The van der Waals surface area contributed by atoms with E-state index in [0.29, 0.717) is 53.8 Å². The van der Waals surface area contributed by atoms with Crippen molar-refractivity contribution >= 4 is 46.6 Å². The maximum absolute atomic E-state index is 13.6. The molecule has 2 aromatic carbocycles. The van der Waals surface area contributed by atoms with Crippen molar-refractivity contribution in [3.8, 4) is 22.8 Å². The van der Waals surface area contributed by atoms with Gasteiger partial charge in [-0.3, -0.25) is 39.2 Å². The number of ether oxygens (including phenoxy) is 1. The van der Waals surface area contributed by atoms with Crippen LogP contribution in [-0.4, -0.2) is 104 Å². The highest BCUT2D eigenvalue weighted by atomic mass is 19.3. The summed E-state index contributed by atoms with van der Waals surface area (Å²) in [5, 5.41) is 14.7. The van der Waals surface area contributed by atoms with Crippen LogP contribution in [0, 0.1) is 0 Å². The fourth-order valence-corrected chi connectivity index (χ4v) is 7.61. The molecule has 3 aliphatic rings. The molecule has 3 aromatic heterocycles. The molecule has 6 heterocycles. The largest absolute Gasteiger partial charge is 0.493 e. The van der Waals surface area contributed by atoms with Gasteiger partial charge in [-0.05, 0) is 112 Å². The van der Waals surface area contributed by atoms with Crippen LogP contribution in [0.1, 0.15) is 52.8 Å². The van der Waals surface area contributed by atoms with Crippen molar-refractivity contribution in [1.82, 2.24) is 40.0 Å². The van der Waals surface area contributed by atoms with E-state index in [-0.39, 0.29) is 52.4 Å². The molecule has 0 saturated carbocycles. The number of nitrogens with zero attached hydrogens (tertiary/aromatic N) is 10. The van der Waals surface area contributed by atoms with Gasteiger partial charge in [0.2, 0.25) is 11.8 Å². The first-order valence-corrected chi connectivity index (χ1v) is 19.6. The number of carbonyl (C=O) groups is 4. The lowest BCUT2D eigenvalue weighted by atomic mass is 10.0. The molecule has 0 bridgehead atoms. The molecule has 20 nitrogen and oxygen atoms in total. The van der Waals surface area contributed by atoms with Crippen LogP contribution in [0.2, 0.25) is 0 Å². The summed E-state index contributed by atoms with van der Waals surface area (Å²) in [6.07, 6.45) is 5.36. The number of benzene rings is 2. The van der Waals surface area contributed by atoms with Crippen LogP contribution >= 0.6 is 0 Å². The summed E-state index contributed by atoms with van der Waals surface area (Å²) in [7, 11) is 0. The number of nitrogens with two attached hydrogens (primary N) is 1. The Morgan fingerprint density at radius 1 is 0.839 bits per heavy atom. The highest BCUT2D eigenvalue weighted by molar-refractivity contribution is 6.24. The third kappa shape index (κ3) is 8.38. The van der Waals surface area contributed by atoms with Crippen molar-refractivity contribution in [1.29, 1.82) is 0 Å². The Kier molecular flexibility index (Phi) is 12.4. The fourth-order valence-electron chi connectivity index (χ4n) is 7.61. The average Bonchev–Trinajstić information content (AvgIpc) is 3.84. The molecule has 0 aliphatic carbocycles. The summed E-state index contributed by atoms with van der Waals surface area (Å²) in [5.74, 6) is 4.57. The number of anilines is 3. The van der Waals surface area contributed by atoms with Gasteiger partial charge >= 0.3 is 0 Å². The average molecular weight is 861 g/mol. The van der Waals surface area contributed by atoms with E-state index in [1.165, 1.54) is 35.1 Å². The molecule has 4 amide bonds. The Balaban J connectivity index is 0.816. The van der Waals surface area contributed by atoms with Crippen molar-refractivity contribution in [2.24, 2.45) is 5.84 Å². The van der Waals surface area contributed by atoms with Gasteiger partial charge in [0.1, 0.15) is 22.9 Å². The lowest BCUT2D eigenvalue weighted by Gasteiger charge is -2.36. The molecule has 0 spiro atoms. The van der Waals surface area contributed by atoms with Gasteiger partial charge in [0.15, 0.2) is 5.75 Å². The number of fused-ring (bicyclic) bond motifs is 2. The number of hydrazine groups is 3. The standard InChI is InChI=1S/C39H39F3N12O8/c40-60-28-11-7-25(8-12-28)30-13-9-26-23-45-39(47-51(26)30)53(54(61-41)62-42)52(43)27-10-15-33(44-24-27)49-20-18-48(19-21-49)17-2-1-3-22-59-32-6-4-5-29-35(32)38(58)50(37(29)57)31-14-16-34(55)46-36(31)56/h4-13,15,23-24,31H,1-3,14,16-22,43H2,(H,46,55,56). The van der Waals surface area contributed by atoms with Crippen LogP contribution in [0.15, 0.2) is 79.1 Å². The van der Waals surface area contributed by atoms with E-state index in [0.717, 1.165) is 42.5 Å². The SMILES string of the molecule is NN(c1ccc(N2CCN(CCCCCOc3cccc4c3C(=O)N(C3CCC(=O)NC3=O)C4=O)CC2)nc1)N(c1ncc2ccc(-c3ccc(OF)cc3)n2n1)N(OF)OF. The van der Waals surface area contributed by atoms with Gasteiger partial charge in [0, 0.05) is 42.7 Å². The van der Waals surface area contributed by atoms with E-state index >= 15 is 0 Å². The summed E-state index contributed by atoms with van der Waals surface area (Å²) in [4.78, 5) is 68.2. The van der Waals surface area contributed by atoms with Gasteiger partial charge in [-0.25, -0.2) is 20.3 Å². The van der Waals surface area contributed by atoms with E-state index in [2.05, 4.69) is 45.2 Å². The normalized spacial score (nSPS) is 16.9. The summed E-state index contributed by atoms with van der Waals surface area (Å²) < 4.78 is 47.1. The van der Waals surface area contributed by atoms with E-state index in [1.54, 1.807) is 48.5 Å². The number of hydrogen-bond donors (Lipinski definition) is 2. The third-order valence-corrected chi connectivity index (χ3v) is 10.8. The summed E-state index contributed by atoms with van der Waals surface area (Å²) in [5.41, 5.74) is 2.11. The predicted molar refractivity (Wildman–Crippen MR) is 211 cm³/mol. The lowest BCUT2D eigenvalue weighted by molar-refractivity contribution is -0.526. The van der Waals surface area contributed by atoms with Crippen LogP contribution in [0.3, 0.4) is 0 Å². The number of hydrogen-bond acceptors (Lipinski definition) is 17. The van der Waals surface area contributed by atoms with Crippen molar-refractivity contribution in [2.75, 3.05) is 54.5 Å². The van der Waals surface area contributed by atoms with Crippen LogP contribution in [0.4, 0.5) is 31.0 Å². The van der Waals surface area contributed by atoms with Gasteiger partial charge < -0.3 is 9.64 Å². The molecule has 0 radical (unpaired) electrons. The second-order valence-electron chi connectivity index (χ2n) is 14.5. The summed E-state index contributed by atoms with van der Waals surface area (Å²) >= 11 is 0. The number of pyridine rings is 1. The van der Waals surface area contributed by atoms with Gasteiger partial charge in [-0.1, -0.05) is 6.07 Å². The monoisotopic (exact) mass is 860 g/mol. The summed E-state index contributed by atoms with van der Waals surface area (Å²) in [6.45, 7) is 4.11. The number of aromatic nitrogens is 4. The van der Waals surface area contributed by atoms with E-state index < -0.39 is 29.7 Å². The highest BCUT2D eigenvalue weighted by Crippen LogP contribution is 2.34. The van der Waals surface area contributed by atoms with Gasteiger partial charge in [-0.15, -0.1) is 10.2 Å². The first-order chi connectivity index (χ1) is 30.2. The van der Waals surface area contributed by atoms with E-state index in [4.69, 9.17) is 10.6 Å². The maximum atomic E-state index is 13.6. The zero-order valence-corrected chi connectivity index (χ0v) is 32.8. The molecular formula is C39H39F3N12O8. The highest BCUT2D eigenvalue weighted by Gasteiger charge is 2.46. The van der Waals surface area contributed by atoms with Crippen molar-refractivity contribution in [3.05, 3.63) is 90.3 Å². The third-order valence-electron chi connectivity index (χ3n) is 10.8. The number of piperazine rings is 1. The molecule has 1 atom stereocenters. The molecule has 2 saturated heterocycles. The molecule has 23 heteroatoms. The number of unbranched alkanes of at least 4 members (excludes halogenated alkanes) is 2. The first-order valence-electron chi connectivity index (χ1n) is 19.6. The van der Waals surface area contributed by atoms with Crippen LogP contribution < -0.4 is 36.0 Å². The van der Waals surface area contributed by atoms with Gasteiger partial charge in [-0.2, -0.15) is 5.12 Å². The fraction of sp³-hybridized carbons (Fsp3) is 0.308. The smallest absolute Gasteiger partial charge is 0.283 e. The topological polar surface area (TPSA) is 206 Å². The van der Waals surface area contributed by atoms with Crippen LogP contribution in [0.25, 0.3) is 16.8 Å². The van der Waals surface area contributed by atoms with Crippen LogP contribution in [-0.2, 0) is 19.7 Å². The number of nitrogens with one attached hydrogen (secondary N) is 1. The minimum atomic E-state index is -1.05. The van der Waals surface area contributed by atoms with E-state index in [9.17, 15) is 32.8 Å². The molecule has 3 aliphatic heterocycles. The number of amides is 4. The van der Waals surface area contributed by atoms with Crippen molar-refractivity contribution in [2.45, 2.75) is 38.1 Å². The second-order valence-corrected chi connectivity index (χ2v) is 14.5. The quantitative estimate of drug-likeness (QED) is 0.0591. The van der Waals surface area contributed by atoms with Gasteiger partial charge in [0.25, 0.3) is 17.8 Å². The minimum Gasteiger partial charge on any atom is -0.493 e. The minimum absolute atomic E-state index is 0.0000379. The zero-order valence-electron chi connectivity index (χ0n) is 32.8. The number of imide groups is 2. The zero-order chi connectivity index (χ0) is 43.3. The molecule has 3 N–H and O–H groups in total. The lowest BCUT2D eigenvalue weighted by Crippen LogP contribution is -2.57. The molecule has 2 fully saturated rings. The first kappa shape index (κ1) is 41.8. The Hall–Kier alpha value is -6.92. The molecule has 62 heavy (non-hydrogen) atoms. The number of rotatable bonds is 17. The molecule has 324 valence electrons. The Labute approximate surface area is 350 Å². The van der Waals surface area contributed by atoms with E-state index in [1.807, 2.05) is 0 Å². The molecule has 1 unspecified atom stereocenters. The van der Waals surface area contributed by atoms with Gasteiger partial charge in [0.05, 0.1) is 47.0 Å². The second kappa shape index (κ2) is 18.4. The van der Waals surface area contributed by atoms with Crippen molar-refractivity contribution in [3.63, 3.8) is 0 Å². The van der Waals surface area contributed by atoms with Crippen LogP contribution in [0.5, 0.6) is 11.5 Å².